The van der Waals surface area contributed by atoms with Crippen LogP contribution in [0.15, 0.2) is 67.2 Å². The molecule has 2 aliphatic rings. The van der Waals surface area contributed by atoms with Crippen molar-refractivity contribution >= 4 is 44.2 Å². The maximum atomic E-state index is 6.13. The second-order valence-electron chi connectivity index (χ2n) is 9.18. The summed E-state index contributed by atoms with van der Waals surface area (Å²) in [5.74, 6) is 1.59. The molecule has 166 valence electrons. The average molecular weight is 446 g/mol. The third-order valence-electron chi connectivity index (χ3n) is 7.12. The molecule has 5 aromatic rings. The number of aromatic nitrogens is 5. The van der Waals surface area contributed by atoms with Gasteiger partial charge in [0.25, 0.3) is 0 Å². The predicted octanol–water partition coefficient (Wildman–Crippen LogP) is 4.60. The van der Waals surface area contributed by atoms with E-state index in [-0.39, 0.29) is 6.04 Å². The molecule has 1 aromatic carbocycles. The summed E-state index contributed by atoms with van der Waals surface area (Å²) >= 11 is 0. The lowest BCUT2D eigenvalue weighted by molar-refractivity contribution is 0.339. The lowest BCUT2D eigenvalue weighted by Gasteiger charge is -2.40. The van der Waals surface area contributed by atoms with Gasteiger partial charge in [0.05, 0.1) is 17.1 Å². The van der Waals surface area contributed by atoms with Crippen LogP contribution in [0.1, 0.15) is 18.4 Å². The number of allylic oxidation sites excluding steroid dienone is 4. The zero-order valence-electron chi connectivity index (χ0n) is 18.7. The topological polar surface area (TPSA) is 96.6 Å². The zero-order chi connectivity index (χ0) is 22.8. The van der Waals surface area contributed by atoms with E-state index in [1.807, 2.05) is 42.9 Å². The predicted molar refractivity (Wildman–Crippen MR) is 136 cm³/mol. The summed E-state index contributed by atoms with van der Waals surface area (Å²) in [4.78, 5) is 25.0. The highest BCUT2D eigenvalue weighted by Crippen LogP contribution is 2.39. The van der Waals surface area contributed by atoms with Crippen LogP contribution in [0.5, 0.6) is 0 Å². The van der Waals surface area contributed by atoms with Crippen LogP contribution < -0.4 is 10.6 Å². The highest BCUT2D eigenvalue weighted by molar-refractivity contribution is 6.13. The Bertz CT molecular complexity index is 1660. The maximum Gasteiger partial charge on any atom is 0.163 e. The normalized spacial score (nSPS) is 19.3. The number of nitrogens with two attached hydrogens (primary N) is 1. The van der Waals surface area contributed by atoms with Crippen molar-refractivity contribution in [1.82, 2.24) is 24.9 Å². The highest BCUT2D eigenvalue weighted by atomic mass is 15.2. The molecule has 0 saturated heterocycles. The van der Waals surface area contributed by atoms with Crippen molar-refractivity contribution < 1.29 is 0 Å². The molecular formula is C27H23N7. The molecule has 0 spiro atoms. The van der Waals surface area contributed by atoms with E-state index in [2.05, 4.69) is 51.2 Å². The second-order valence-corrected chi connectivity index (χ2v) is 9.18. The molecule has 0 unspecified atom stereocenters. The molecule has 34 heavy (non-hydrogen) atoms. The number of fused-ring (bicyclic) bond motifs is 4. The molecule has 0 aliphatic heterocycles. The minimum Gasteiger partial charge on any atom is -0.356 e. The first-order valence-corrected chi connectivity index (χ1v) is 11.6. The summed E-state index contributed by atoms with van der Waals surface area (Å²) in [5, 5.41) is 3.17. The summed E-state index contributed by atoms with van der Waals surface area (Å²) < 4.78 is 0. The lowest BCUT2D eigenvalue weighted by Crippen LogP contribution is -2.49. The first-order chi connectivity index (χ1) is 16.7. The molecule has 4 aromatic heterocycles. The van der Waals surface area contributed by atoms with E-state index in [0.717, 1.165) is 68.2 Å². The summed E-state index contributed by atoms with van der Waals surface area (Å²) in [6.45, 7) is 0. The van der Waals surface area contributed by atoms with E-state index >= 15 is 0 Å². The van der Waals surface area contributed by atoms with Crippen molar-refractivity contribution in [1.29, 1.82) is 0 Å². The molecule has 0 bridgehead atoms. The molecule has 0 atom stereocenters. The summed E-state index contributed by atoms with van der Waals surface area (Å²) in [6.07, 6.45) is 13.7. The Morgan fingerprint density at radius 1 is 1.03 bits per heavy atom. The Labute approximate surface area is 196 Å². The van der Waals surface area contributed by atoms with Gasteiger partial charge in [0.15, 0.2) is 5.82 Å². The number of pyridine rings is 2. The SMILES string of the molecule is CN(c1nc(-c2ccnc3[nH]c4ccccc4c23)nc2cncc(C3=CC=C3)c12)C1CC(N)C1. The van der Waals surface area contributed by atoms with Crippen LogP contribution in [0, 0.1) is 0 Å². The molecule has 0 amide bonds. The first kappa shape index (κ1) is 19.4. The minimum atomic E-state index is 0.254. The van der Waals surface area contributed by atoms with Crippen LogP contribution >= 0.6 is 0 Å². The number of nitrogens with one attached hydrogen (secondary N) is 1. The van der Waals surface area contributed by atoms with Crippen LogP contribution in [-0.4, -0.2) is 44.1 Å². The van der Waals surface area contributed by atoms with E-state index in [1.54, 1.807) is 0 Å². The largest absolute Gasteiger partial charge is 0.356 e. The minimum absolute atomic E-state index is 0.254. The molecule has 4 heterocycles. The highest BCUT2D eigenvalue weighted by Gasteiger charge is 2.32. The number of hydrogen-bond acceptors (Lipinski definition) is 6. The maximum absolute atomic E-state index is 6.13. The van der Waals surface area contributed by atoms with Crippen molar-refractivity contribution in [3.63, 3.8) is 0 Å². The van der Waals surface area contributed by atoms with Gasteiger partial charge in [0, 0.05) is 58.9 Å². The number of anilines is 1. The number of rotatable bonds is 4. The van der Waals surface area contributed by atoms with Crippen LogP contribution in [-0.2, 0) is 0 Å². The van der Waals surface area contributed by atoms with E-state index in [4.69, 9.17) is 15.7 Å². The fourth-order valence-electron chi connectivity index (χ4n) is 5.10. The Kier molecular flexibility index (Phi) is 4.10. The van der Waals surface area contributed by atoms with Gasteiger partial charge in [-0.15, -0.1) is 0 Å². The third kappa shape index (κ3) is 2.80. The smallest absolute Gasteiger partial charge is 0.163 e. The van der Waals surface area contributed by atoms with Gasteiger partial charge in [0.2, 0.25) is 0 Å². The molecule has 7 heteroatoms. The van der Waals surface area contributed by atoms with Gasteiger partial charge < -0.3 is 15.6 Å². The monoisotopic (exact) mass is 445 g/mol. The van der Waals surface area contributed by atoms with Crippen molar-refractivity contribution in [3.8, 4) is 11.4 Å². The summed E-state index contributed by atoms with van der Waals surface area (Å²) in [7, 11) is 2.12. The van der Waals surface area contributed by atoms with Crippen molar-refractivity contribution in [3.05, 3.63) is 72.7 Å². The quantitative estimate of drug-likeness (QED) is 0.420. The fraction of sp³-hybridized carbons (Fsp3) is 0.185. The van der Waals surface area contributed by atoms with Crippen LogP contribution in [0.25, 0.3) is 49.8 Å². The van der Waals surface area contributed by atoms with Crippen LogP contribution in [0.3, 0.4) is 0 Å². The Morgan fingerprint density at radius 2 is 1.88 bits per heavy atom. The first-order valence-electron chi connectivity index (χ1n) is 11.6. The number of nitrogens with zero attached hydrogens (tertiary/aromatic N) is 5. The standard InChI is InChI=1S/C27H23N7/c1-34(17-11-16(28)12-17)27-24-20(15-5-4-6-15)13-29-14-22(24)32-25(33-27)19-9-10-30-26-23(19)18-7-2-3-8-21(18)31-26/h2-10,13-14,16-17H,11-12,28H2,1H3,(H,30,31). The van der Waals surface area contributed by atoms with Crippen molar-refractivity contribution in [2.45, 2.75) is 24.9 Å². The Hall–Kier alpha value is -4.10. The Morgan fingerprint density at radius 3 is 2.68 bits per heavy atom. The lowest BCUT2D eigenvalue weighted by atomic mass is 9.86. The van der Waals surface area contributed by atoms with E-state index in [1.165, 1.54) is 0 Å². The molecule has 1 saturated carbocycles. The van der Waals surface area contributed by atoms with Gasteiger partial charge in [-0.3, -0.25) is 4.98 Å². The molecular weight excluding hydrogens is 422 g/mol. The molecule has 3 N–H and O–H groups in total. The summed E-state index contributed by atoms with van der Waals surface area (Å²) in [6, 6.07) is 10.9. The number of aromatic amines is 1. The van der Waals surface area contributed by atoms with Gasteiger partial charge in [-0.2, -0.15) is 0 Å². The molecule has 7 rings (SSSR count). The fourth-order valence-corrected chi connectivity index (χ4v) is 5.10. The van der Waals surface area contributed by atoms with Gasteiger partial charge >= 0.3 is 0 Å². The van der Waals surface area contributed by atoms with E-state index in [0.29, 0.717) is 11.9 Å². The summed E-state index contributed by atoms with van der Waals surface area (Å²) in [5.41, 5.74) is 12.0. The van der Waals surface area contributed by atoms with Crippen molar-refractivity contribution in [2.75, 3.05) is 11.9 Å². The van der Waals surface area contributed by atoms with Crippen LogP contribution in [0.2, 0.25) is 0 Å². The molecule has 7 nitrogen and oxygen atoms in total. The molecule has 1 fully saturated rings. The molecule has 0 radical (unpaired) electrons. The number of H-pyrrole nitrogens is 1. The van der Waals surface area contributed by atoms with E-state index < -0.39 is 0 Å². The third-order valence-corrected chi connectivity index (χ3v) is 7.12. The Balaban J connectivity index is 1.50. The van der Waals surface area contributed by atoms with Gasteiger partial charge in [-0.05, 0) is 30.5 Å². The number of hydrogen-bond donors (Lipinski definition) is 2. The molecule has 2 aliphatic carbocycles. The van der Waals surface area contributed by atoms with Gasteiger partial charge in [-0.25, -0.2) is 15.0 Å². The number of benzene rings is 1. The zero-order valence-corrected chi connectivity index (χ0v) is 18.7. The van der Waals surface area contributed by atoms with Crippen LogP contribution in [0.4, 0.5) is 5.82 Å². The van der Waals surface area contributed by atoms with E-state index in [9.17, 15) is 0 Å². The van der Waals surface area contributed by atoms with Gasteiger partial charge in [0.1, 0.15) is 11.5 Å². The van der Waals surface area contributed by atoms with Gasteiger partial charge in [-0.1, -0.05) is 36.4 Å². The second kappa shape index (κ2) is 7.20. The van der Waals surface area contributed by atoms with Crippen molar-refractivity contribution in [2.24, 2.45) is 5.73 Å². The average Bonchev–Trinajstić information content (AvgIpc) is 3.19. The number of para-hydroxylation sites is 1.